The Labute approximate surface area is 81.9 Å². The lowest BCUT2D eigenvalue weighted by Gasteiger charge is -2.33. The van der Waals surface area contributed by atoms with Crippen LogP contribution in [0.4, 0.5) is 0 Å². The third-order valence-electron chi connectivity index (χ3n) is 2.48. The van der Waals surface area contributed by atoms with E-state index in [0.717, 1.165) is 0 Å². The molecule has 76 valence electrons. The van der Waals surface area contributed by atoms with Gasteiger partial charge in [-0.1, -0.05) is 25.7 Å². The molecule has 4 heteroatoms. The molecule has 14 heavy (non-hydrogen) atoms. The maximum atomic E-state index is 11.3. The summed E-state index contributed by atoms with van der Waals surface area (Å²) in [5, 5.41) is 8.91. The Balaban J connectivity index is 3.11. The summed E-state index contributed by atoms with van der Waals surface area (Å²) in [7, 11) is 0. The molecule has 0 saturated carbocycles. The molecule has 0 aliphatic carbocycles. The van der Waals surface area contributed by atoms with Gasteiger partial charge >= 0.3 is 11.9 Å². The van der Waals surface area contributed by atoms with Gasteiger partial charge in [0.1, 0.15) is 0 Å². The molecule has 1 aliphatic heterocycles. The van der Waals surface area contributed by atoms with Crippen molar-refractivity contribution in [3.05, 3.63) is 24.3 Å². The summed E-state index contributed by atoms with van der Waals surface area (Å²) in [5.41, 5.74) is -1.15. The highest BCUT2D eigenvalue weighted by Gasteiger charge is 2.45. The van der Waals surface area contributed by atoms with Gasteiger partial charge in [0.15, 0.2) is 0 Å². The zero-order valence-electron chi connectivity index (χ0n) is 8.11. The van der Waals surface area contributed by atoms with Crippen LogP contribution in [0, 0.1) is 5.92 Å². The molecular formula is C10H12O4. The molecule has 4 nitrogen and oxygen atoms in total. The normalized spacial score (nSPS) is 31.7. The SMILES string of the molecule is C=CC1=CC(C)C(C)(C(=O)O)OC1=O. The van der Waals surface area contributed by atoms with Crippen LogP contribution in [0.25, 0.3) is 0 Å². The molecule has 0 aromatic heterocycles. The van der Waals surface area contributed by atoms with E-state index in [1.807, 2.05) is 0 Å². The van der Waals surface area contributed by atoms with Crippen LogP contribution in [0.5, 0.6) is 0 Å². The molecule has 2 atom stereocenters. The molecule has 0 amide bonds. The van der Waals surface area contributed by atoms with Crippen LogP contribution in [0.15, 0.2) is 24.3 Å². The maximum Gasteiger partial charge on any atom is 0.348 e. The zero-order valence-corrected chi connectivity index (χ0v) is 8.11. The van der Waals surface area contributed by atoms with Gasteiger partial charge in [-0.2, -0.15) is 0 Å². The van der Waals surface area contributed by atoms with Crippen molar-refractivity contribution in [1.82, 2.24) is 0 Å². The van der Waals surface area contributed by atoms with Crippen molar-refractivity contribution in [1.29, 1.82) is 0 Å². The van der Waals surface area contributed by atoms with E-state index in [-0.39, 0.29) is 5.92 Å². The third kappa shape index (κ3) is 1.43. The summed E-state index contributed by atoms with van der Waals surface area (Å²) in [6.07, 6.45) is 2.92. The fourth-order valence-corrected chi connectivity index (χ4v) is 1.23. The average Bonchev–Trinajstić information content (AvgIpc) is 2.11. The van der Waals surface area contributed by atoms with Crippen LogP contribution in [-0.2, 0) is 14.3 Å². The number of hydrogen-bond donors (Lipinski definition) is 1. The molecule has 0 saturated heterocycles. The van der Waals surface area contributed by atoms with Gasteiger partial charge in [-0.05, 0) is 6.92 Å². The van der Waals surface area contributed by atoms with Gasteiger partial charge in [0, 0.05) is 5.92 Å². The van der Waals surface area contributed by atoms with E-state index in [4.69, 9.17) is 9.84 Å². The standard InChI is InChI=1S/C10H12O4/c1-4-7-5-6(2)10(3,9(12)13)14-8(7)11/h4-6H,1H2,2-3H3,(H,12,13). The number of carbonyl (C=O) groups is 2. The summed E-state index contributed by atoms with van der Waals surface area (Å²) < 4.78 is 4.87. The predicted molar refractivity (Wildman–Crippen MR) is 49.6 cm³/mol. The van der Waals surface area contributed by atoms with Crippen LogP contribution < -0.4 is 0 Å². The lowest BCUT2D eigenvalue weighted by atomic mass is 9.86. The Kier molecular flexibility index (Phi) is 2.47. The van der Waals surface area contributed by atoms with Gasteiger partial charge in [-0.15, -0.1) is 0 Å². The van der Waals surface area contributed by atoms with E-state index in [1.54, 1.807) is 13.0 Å². The summed E-state index contributed by atoms with van der Waals surface area (Å²) in [6, 6.07) is 0. The van der Waals surface area contributed by atoms with Crippen LogP contribution in [0.3, 0.4) is 0 Å². The number of esters is 1. The Hall–Kier alpha value is -1.58. The van der Waals surface area contributed by atoms with Crippen molar-refractivity contribution in [2.75, 3.05) is 0 Å². The lowest BCUT2D eigenvalue weighted by molar-refractivity contribution is -0.179. The Morgan fingerprint density at radius 3 is 2.79 bits per heavy atom. The number of carboxylic acids is 1. The quantitative estimate of drug-likeness (QED) is 0.672. The monoisotopic (exact) mass is 196 g/mol. The summed E-state index contributed by atoms with van der Waals surface area (Å²) in [4.78, 5) is 22.2. The van der Waals surface area contributed by atoms with Crippen molar-refractivity contribution in [3.63, 3.8) is 0 Å². The topological polar surface area (TPSA) is 63.6 Å². The van der Waals surface area contributed by atoms with E-state index >= 15 is 0 Å². The molecule has 0 aromatic carbocycles. The Morgan fingerprint density at radius 1 is 1.79 bits per heavy atom. The third-order valence-corrected chi connectivity index (χ3v) is 2.48. The fourth-order valence-electron chi connectivity index (χ4n) is 1.23. The van der Waals surface area contributed by atoms with Gasteiger partial charge < -0.3 is 9.84 Å². The van der Waals surface area contributed by atoms with Crippen LogP contribution in [-0.4, -0.2) is 22.6 Å². The molecule has 1 rings (SSSR count). The highest BCUT2D eigenvalue weighted by atomic mass is 16.6. The molecule has 0 spiro atoms. The van der Waals surface area contributed by atoms with E-state index in [9.17, 15) is 9.59 Å². The van der Waals surface area contributed by atoms with Crippen LogP contribution in [0.2, 0.25) is 0 Å². The molecule has 1 aliphatic rings. The van der Waals surface area contributed by atoms with E-state index < -0.39 is 17.5 Å². The smallest absolute Gasteiger partial charge is 0.348 e. The highest BCUT2D eigenvalue weighted by Crippen LogP contribution is 2.30. The molecule has 1 heterocycles. The van der Waals surface area contributed by atoms with Gasteiger partial charge in [0.2, 0.25) is 5.60 Å². The van der Waals surface area contributed by atoms with E-state index in [2.05, 4.69) is 6.58 Å². The number of carboxylic acid groups (broad SMARTS) is 1. The minimum atomic E-state index is -1.47. The average molecular weight is 196 g/mol. The second-order valence-electron chi connectivity index (χ2n) is 3.42. The summed E-state index contributed by atoms with van der Waals surface area (Å²) >= 11 is 0. The molecule has 1 N–H and O–H groups in total. The van der Waals surface area contributed by atoms with Crippen LogP contribution in [0.1, 0.15) is 13.8 Å². The maximum absolute atomic E-state index is 11.3. The summed E-state index contributed by atoms with van der Waals surface area (Å²) in [6.45, 7) is 6.51. The predicted octanol–water partition coefficient (Wildman–Crippen LogP) is 1.13. The molecular weight excluding hydrogens is 184 g/mol. The van der Waals surface area contributed by atoms with E-state index in [1.165, 1.54) is 13.0 Å². The molecule has 0 aromatic rings. The molecule has 0 fully saturated rings. The minimum Gasteiger partial charge on any atom is -0.478 e. The first kappa shape index (κ1) is 10.5. The number of hydrogen-bond acceptors (Lipinski definition) is 3. The number of aliphatic carboxylic acids is 1. The van der Waals surface area contributed by atoms with Gasteiger partial charge in [-0.25, -0.2) is 9.59 Å². The first-order valence-electron chi connectivity index (χ1n) is 4.23. The fraction of sp³-hybridized carbons (Fsp3) is 0.400. The van der Waals surface area contributed by atoms with Crippen molar-refractivity contribution in [2.24, 2.45) is 5.92 Å². The Morgan fingerprint density at radius 2 is 2.36 bits per heavy atom. The number of cyclic esters (lactones) is 1. The summed E-state index contributed by atoms with van der Waals surface area (Å²) in [5.74, 6) is -2.15. The number of carbonyl (C=O) groups excluding carboxylic acids is 1. The first-order chi connectivity index (χ1) is 6.41. The minimum absolute atomic E-state index is 0.316. The first-order valence-corrected chi connectivity index (χ1v) is 4.23. The lowest BCUT2D eigenvalue weighted by Crippen LogP contribution is -2.48. The van der Waals surface area contributed by atoms with Crippen molar-refractivity contribution >= 4 is 11.9 Å². The van der Waals surface area contributed by atoms with Gasteiger partial charge in [0.25, 0.3) is 0 Å². The molecule has 0 radical (unpaired) electrons. The molecule has 0 bridgehead atoms. The van der Waals surface area contributed by atoms with Crippen molar-refractivity contribution in [3.8, 4) is 0 Å². The second kappa shape index (κ2) is 3.29. The zero-order chi connectivity index (χ0) is 10.9. The molecule has 2 unspecified atom stereocenters. The number of ether oxygens (including phenoxy) is 1. The van der Waals surface area contributed by atoms with Crippen LogP contribution >= 0.6 is 0 Å². The van der Waals surface area contributed by atoms with Crippen molar-refractivity contribution < 1.29 is 19.4 Å². The second-order valence-corrected chi connectivity index (χ2v) is 3.42. The van der Waals surface area contributed by atoms with E-state index in [0.29, 0.717) is 5.57 Å². The van der Waals surface area contributed by atoms with Gasteiger partial charge in [0.05, 0.1) is 5.57 Å². The largest absolute Gasteiger partial charge is 0.478 e. The highest BCUT2D eigenvalue weighted by molar-refractivity contribution is 5.95. The van der Waals surface area contributed by atoms with Gasteiger partial charge in [-0.3, -0.25) is 0 Å². The van der Waals surface area contributed by atoms with Crippen molar-refractivity contribution in [2.45, 2.75) is 19.4 Å². The number of rotatable bonds is 2. The Bertz CT molecular complexity index is 329.